The number of fused-ring (bicyclic) bond motifs is 3. The van der Waals surface area contributed by atoms with Crippen LogP contribution in [-0.4, -0.2) is 26.8 Å². The molecule has 0 saturated heterocycles. The van der Waals surface area contributed by atoms with Crippen molar-refractivity contribution in [3.8, 4) is 23.0 Å². The third-order valence-electron chi connectivity index (χ3n) is 4.94. The first-order valence-corrected chi connectivity index (χ1v) is 8.87. The van der Waals surface area contributed by atoms with E-state index in [-0.39, 0.29) is 12.6 Å². The van der Waals surface area contributed by atoms with Crippen LogP contribution in [-0.2, 0) is 6.42 Å². The molecule has 1 aromatic heterocycles. The van der Waals surface area contributed by atoms with Crippen molar-refractivity contribution < 1.29 is 28.2 Å². The molecule has 7 heteroatoms. The van der Waals surface area contributed by atoms with Gasteiger partial charge in [0.15, 0.2) is 28.8 Å². The maximum atomic E-state index is 12.6. The number of ether oxygens (including phenoxy) is 4. The van der Waals surface area contributed by atoms with Crippen molar-refractivity contribution in [1.29, 1.82) is 0 Å². The molecule has 28 heavy (non-hydrogen) atoms. The molecule has 2 aliphatic rings. The zero-order chi connectivity index (χ0) is 19.3. The molecule has 0 bridgehead atoms. The van der Waals surface area contributed by atoms with Crippen LogP contribution in [0.3, 0.4) is 0 Å². The molecule has 1 aliphatic heterocycles. The number of nitrogens with zero attached hydrogens (tertiary/aromatic N) is 1. The molecule has 0 saturated carbocycles. The fraction of sp³-hybridized carbons (Fsp3) is 0.238. The number of methoxy groups -OCH3 is 2. The minimum absolute atomic E-state index is 0.0255. The normalized spacial score (nSPS) is 15.2. The largest absolute Gasteiger partial charge is 0.493 e. The quantitative estimate of drug-likeness (QED) is 0.693. The van der Waals surface area contributed by atoms with Crippen molar-refractivity contribution in [2.45, 2.75) is 12.8 Å². The predicted molar refractivity (Wildman–Crippen MR) is 99.8 cm³/mol. The Kier molecular flexibility index (Phi) is 3.75. The highest BCUT2D eigenvalue weighted by molar-refractivity contribution is 6.02. The van der Waals surface area contributed by atoms with E-state index in [1.165, 1.54) is 0 Å². The van der Waals surface area contributed by atoms with Gasteiger partial charge >= 0.3 is 0 Å². The molecule has 1 aliphatic carbocycles. The van der Waals surface area contributed by atoms with Crippen LogP contribution < -0.4 is 24.3 Å². The number of carbonyl (C=O) groups is 1. The van der Waals surface area contributed by atoms with Gasteiger partial charge in [0.2, 0.25) is 6.79 Å². The summed E-state index contributed by atoms with van der Waals surface area (Å²) in [4.78, 5) is 17.3. The Labute approximate surface area is 160 Å². The number of carbonyl (C=O) groups excluding carboxylic acids is 1. The lowest BCUT2D eigenvalue weighted by atomic mass is 10.1. The lowest BCUT2D eigenvalue weighted by Crippen LogP contribution is -2.14. The molecule has 3 aromatic rings. The van der Waals surface area contributed by atoms with E-state index in [0.717, 1.165) is 0 Å². The number of Topliss-reactive ketones (excluding diaryl/α,β-unsaturated/α-hetero) is 1. The Bertz CT molecular complexity index is 1190. The van der Waals surface area contributed by atoms with Crippen LogP contribution in [0.15, 0.2) is 39.7 Å². The number of rotatable bonds is 3. The van der Waals surface area contributed by atoms with Crippen LogP contribution in [0.2, 0.25) is 0 Å². The van der Waals surface area contributed by atoms with Gasteiger partial charge in [-0.1, -0.05) is 0 Å². The van der Waals surface area contributed by atoms with Crippen molar-refractivity contribution in [1.82, 2.24) is 0 Å². The monoisotopic (exact) mass is 379 g/mol. The molecule has 5 rings (SSSR count). The zero-order valence-electron chi connectivity index (χ0n) is 15.4. The summed E-state index contributed by atoms with van der Waals surface area (Å²) in [5, 5.41) is 1.28. The summed E-state index contributed by atoms with van der Waals surface area (Å²) in [5.41, 5.74) is 1.78. The lowest BCUT2D eigenvalue weighted by Gasteiger charge is -2.09. The second-order valence-electron chi connectivity index (χ2n) is 6.52. The van der Waals surface area contributed by atoms with E-state index in [2.05, 4.69) is 0 Å². The van der Waals surface area contributed by atoms with E-state index in [0.29, 0.717) is 69.2 Å². The van der Waals surface area contributed by atoms with Crippen molar-refractivity contribution >= 4 is 22.4 Å². The summed E-state index contributed by atoms with van der Waals surface area (Å²) in [7, 11) is 3.15. The molecule has 142 valence electrons. The Balaban J connectivity index is 1.81. The van der Waals surface area contributed by atoms with Crippen LogP contribution in [0.5, 0.6) is 23.0 Å². The van der Waals surface area contributed by atoms with Crippen LogP contribution >= 0.6 is 0 Å². The van der Waals surface area contributed by atoms with Crippen molar-refractivity contribution in [3.05, 3.63) is 47.0 Å². The van der Waals surface area contributed by atoms with Gasteiger partial charge in [0.25, 0.3) is 0 Å². The summed E-state index contributed by atoms with van der Waals surface area (Å²) < 4.78 is 27.6. The van der Waals surface area contributed by atoms with Crippen molar-refractivity contribution in [2.24, 2.45) is 4.99 Å². The molecule has 2 aromatic carbocycles. The van der Waals surface area contributed by atoms with Crippen LogP contribution in [0.1, 0.15) is 22.5 Å². The average Bonchev–Trinajstić information content (AvgIpc) is 3.32. The summed E-state index contributed by atoms with van der Waals surface area (Å²) in [6, 6.07) is 8.97. The number of hydrogen-bond acceptors (Lipinski definition) is 7. The second kappa shape index (κ2) is 6.30. The first-order valence-electron chi connectivity index (χ1n) is 8.87. The van der Waals surface area contributed by atoms with Crippen LogP contribution in [0.25, 0.3) is 11.0 Å². The summed E-state index contributed by atoms with van der Waals surface area (Å²) in [6.07, 6.45) is 0.976. The van der Waals surface area contributed by atoms with Gasteiger partial charge in [0.1, 0.15) is 11.3 Å². The van der Waals surface area contributed by atoms with Crippen LogP contribution in [0, 0.1) is 0 Å². The third kappa shape index (κ3) is 2.51. The van der Waals surface area contributed by atoms with Gasteiger partial charge in [-0.25, -0.2) is 4.99 Å². The highest BCUT2D eigenvalue weighted by atomic mass is 16.7. The van der Waals surface area contributed by atoms with E-state index in [9.17, 15) is 4.79 Å². The first kappa shape index (κ1) is 16.7. The smallest absolute Gasteiger partial charge is 0.231 e. The minimum Gasteiger partial charge on any atom is -0.493 e. The van der Waals surface area contributed by atoms with E-state index in [1.54, 1.807) is 32.4 Å². The van der Waals surface area contributed by atoms with Gasteiger partial charge in [-0.2, -0.15) is 0 Å². The highest BCUT2D eigenvalue weighted by Gasteiger charge is 2.27. The lowest BCUT2D eigenvalue weighted by molar-refractivity contribution is 0.0993. The SMILES string of the molecule is COc1ccc(N=c2c3c(oc4cc5c(cc24)OCO5)CCC3=O)cc1OC. The van der Waals surface area contributed by atoms with Gasteiger partial charge in [-0.3, -0.25) is 4.79 Å². The molecular formula is C21H17NO6. The molecule has 0 radical (unpaired) electrons. The fourth-order valence-electron chi connectivity index (χ4n) is 3.60. The minimum atomic E-state index is 0.0255. The Morgan fingerprint density at radius 3 is 2.54 bits per heavy atom. The zero-order valence-corrected chi connectivity index (χ0v) is 15.4. The molecule has 7 nitrogen and oxygen atoms in total. The molecular weight excluding hydrogens is 362 g/mol. The number of aryl methyl sites for hydroxylation is 1. The first-order chi connectivity index (χ1) is 13.7. The van der Waals surface area contributed by atoms with Gasteiger partial charge in [-0.05, 0) is 18.2 Å². The molecule has 0 atom stereocenters. The van der Waals surface area contributed by atoms with E-state index in [1.807, 2.05) is 12.1 Å². The number of benzene rings is 2. The maximum Gasteiger partial charge on any atom is 0.231 e. The fourth-order valence-corrected chi connectivity index (χ4v) is 3.60. The third-order valence-corrected chi connectivity index (χ3v) is 4.94. The molecule has 0 spiro atoms. The molecule has 0 amide bonds. The molecule has 0 N–H and O–H groups in total. The van der Waals surface area contributed by atoms with Gasteiger partial charge < -0.3 is 23.4 Å². The standard InChI is InChI=1S/C21H17NO6/c1-24-14-5-3-11(7-17(14)25-2)22-21-12-8-18-19(27-10-26-18)9-16(12)28-15-6-4-13(23)20(15)21/h3,5,7-9H,4,6,10H2,1-2H3. The van der Waals surface area contributed by atoms with Gasteiger partial charge in [-0.15, -0.1) is 0 Å². The molecule has 2 heterocycles. The van der Waals surface area contributed by atoms with E-state index >= 15 is 0 Å². The summed E-state index contributed by atoms with van der Waals surface area (Å²) in [5.74, 6) is 3.08. The van der Waals surface area contributed by atoms with Gasteiger partial charge in [0, 0.05) is 30.4 Å². The maximum absolute atomic E-state index is 12.6. The average molecular weight is 379 g/mol. The van der Waals surface area contributed by atoms with Crippen molar-refractivity contribution in [3.63, 3.8) is 0 Å². The second-order valence-corrected chi connectivity index (χ2v) is 6.52. The highest BCUT2D eigenvalue weighted by Crippen LogP contribution is 2.37. The molecule has 0 unspecified atom stereocenters. The summed E-state index contributed by atoms with van der Waals surface area (Å²) >= 11 is 0. The summed E-state index contributed by atoms with van der Waals surface area (Å²) in [6.45, 7) is 0.159. The Hall–Kier alpha value is -3.48. The van der Waals surface area contributed by atoms with E-state index in [4.69, 9.17) is 28.4 Å². The molecule has 0 fully saturated rings. The predicted octanol–water partition coefficient (Wildman–Crippen LogP) is 3.54. The Morgan fingerprint density at radius 2 is 1.75 bits per heavy atom. The van der Waals surface area contributed by atoms with Crippen molar-refractivity contribution in [2.75, 3.05) is 21.0 Å². The number of hydrogen-bond donors (Lipinski definition) is 0. The Morgan fingerprint density at radius 1 is 0.964 bits per heavy atom. The van der Waals surface area contributed by atoms with Crippen LogP contribution in [0.4, 0.5) is 5.69 Å². The van der Waals surface area contributed by atoms with E-state index < -0.39 is 0 Å². The van der Waals surface area contributed by atoms with Gasteiger partial charge in [0.05, 0.1) is 30.8 Å². The number of ketones is 1. The topological polar surface area (TPSA) is 79.5 Å².